The van der Waals surface area contributed by atoms with Crippen molar-refractivity contribution in [1.82, 2.24) is 21.3 Å². The smallest absolute Gasteiger partial charge is 0.322 e. The van der Waals surface area contributed by atoms with Gasteiger partial charge in [0.05, 0.1) is 25.4 Å². The molecule has 0 saturated carbocycles. The number of carbonyl (C=O) groups is 3. The van der Waals surface area contributed by atoms with E-state index in [4.69, 9.17) is 14.9 Å². The molecule has 1 aliphatic rings. The summed E-state index contributed by atoms with van der Waals surface area (Å²) in [7, 11) is 0. The van der Waals surface area contributed by atoms with E-state index in [0.717, 1.165) is 5.70 Å². The van der Waals surface area contributed by atoms with E-state index in [9.17, 15) is 14.4 Å². The topological polar surface area (TPSA) is 140 Å². The minimum atomic E-state index is -1.28. The Morgan fingerprint density at radius 1 is 1.20 bits per heavy atom. The monoisotopic (exact) mass is 350 g/mol. The highest BCUT2D eigenvalue weighted by Gasteiger charge is 2.13. The molecule has 10 heteroatoms. The van der Waals surface area contributed by atoms with Crippen LogP contribution in [0.5, 0.6) is 5.75 Å². The molecule has 1 amide bonds. The molecule has 2 rings (SSSR count). The van der Waals surface area contributed by atoms with Gasteiger partial charge in [-0.3, -0.25) is 19.4 Å². The van der Waals surface area contributed by atoms with Crippen LogP contribution < -0.4 is 21.0 Å². The van der Waals surface area contributed by atoms with Crippen LogP contribution in [0.1, 0.15) is 16.8 Å². The summed E-state index contributed by atoms with van der Waals surface area (Å²) in [5.74, 6) is -2.33. The number of esters is 1. The van der Waals surface area contributed by atoms with Crippen molar-refractivity contribution in [2.75, 3.05) is 19.7 Å². The SMILES string of the molecule is O=C(O)CC(=O)Oc1ccc(C(=O)NCC2=CN(CCO)NN2)cc1. The maximum absolute atomic E-state index is 12.1. The van der Waals surface area contributed by atoms with E-state index in [-0.39, 0.29) is 24.8 Å². The molecule has 0 aliphatic carbocycles. The average molecular weight is 350 g/mol. The Bertz CT molecular complexity index is 673. The maximum Gasteiger partial charge on any atom is 0.322 e. The summed E-state index contributed by atoms with van der Waals surface area (Å²) in [5, 5.41) is 21.7. The van der Waals surface area contributed by atoms with Crippen LogP contribution in [0.4, 0.5) is 0 Å². The summed E-state index contributed by atoms with van der Waals surface area (Å²) >= 11 is 0. The van der Waals surface area contributed by atoms with E-state index < -0.39 is 18.4 Å². The first-order valence-electron chi connectivity index (χ1n) is 7.38. The number of aliphatic carboxylic acids is 1. The summed E-state index contributed by atoms with van der Waals surface area (Å²) in [6, 6.07) is 5.75. The van der Waals surface area contributed by atoms with Crippen molar-refractivity contribution in [2.24, 2.45) is 0 Å². The molecule has 0 unspecified atom stereocenters. The molecular weight excluding hydrogens is 332 g/mol. The van der Waals surface area contributed by atoms with Gasteiger partial charge in [0.2, 0.25) is 0 Å². The molecule has 0 aromatic heterocycles. The van der Waals surface area contributed by atoms with Crippen molar-refractivity contribution in [3.63, 3.8) is 0 Å². The molecule has 1 heterocycles. The first-order chi connectivity index (χ1) is 12.0. The lowest BCUT2D eigenvalue weighted by atomic mass is 10.2. The Labute approximate surface area is 143 Å². The highest BCUT2D eigenvalue weighted by molar-refractivity contribution is 5.94. The van der Waals surface area contributed by atoms with Crippen LogP contribution >= 0.6 is 0 Å². The lowest BCUT2D eigenvalue weighted by Crippen LogP contribution is -2.39. The second-order valence-corrected chi connectivity index (χ2v) is 5.06. The van der Waals surface area contributed by atoms with Crippen LogP contribution in [0.2, 0.25) is 0 Å². The molecule has 5 N–H and O–H groups in total. The summed E-state index contributed by atoms with van der Waals surface area (Å²) in [5.41, 5.74) is 6.73. The van der Waals surface area contributed by atoms with E-state index in [0.29, 0.717) is 12.1 Å². The number of carboxylic acid groups (broad SMARTS) is 1. The second kappa shape index (κ2) is 8.66. The number of rotatable bonds is 8. The third kappa shape index (κ3) is 5.79. The lowest BCUT2D eigenvalue weighted by Gasteiger charge is -2.12. The second-order valence-electron chi connectivity index (χ2n) is 5.06. The Morgan fingerprint density at radius 3 is 2.56 bits per heavy atom. The fraction of sp³-hybridized carbons (Fsp3) is 0.267. The van der Waals surface area contributed by atoms with Crippen molar-refractivity contribution in [1.29, 1.82) is 0 Å². The number of aliphatic hydroxyl groups excluding tert-OH is 1. The normalized spacial score (nSPS) is 13.0. The van der Waals surface area contributed by atoms with Gasteiger partial charge in [-0.15, -0.1) is 5.53 Å². The van der Waals surface area contributed by atoms with Crippen LogP contribution in [0.25, 0.3) is 0 Å². The Kier molecular flexibility index (Phi) is 6.32. The minimum absolute atomic E-state index is 0.00575. The molecule has 0 saturated heterocycles. The zero-order valence-electron chi connectivity index (χ0n) is 13.2. The standard InChI is InChI=1S/C15H18N4O6/c20-6-5-19-9-11(17-18-19)8-16-15(24)10-1-3-12(4-2-10)25-14(23)7-13(21)22/h1-4,9,17-18,20H,5-8H2,(H,16,24)(H,21,22). The largest absolute Gasteiger partial charge is 0.481 e. The molecule has 0 fully saturated rings. The number of benzene rings is 1. The van der Waals surface area contributed by atoms with Crippen LogP contribution in [-0.2, 0) is 9.59 Å². The molecule has 0 bridgehead atoms. The number of nitrogens with one attached hydrogen (secondary N) is 3. The zero-order valence-corrected chi connectivity index (χ0v) is 13.2. The van der Waals surface area contributed by atoms with Gasteiger partial charge in [-0.1, -0.05) is 0 Å². The van der Waals surface area contributed by atoms with Gasteiger partial charge in [-0.25, -0.2) is 0 Å². The fourth-order valence-corrected chi connectivity index (χ4v) is 1.96. The molecule has 0 atom stereocenters. The number of β-amino-alcohol motifs (C(OH)–C–C–N with tert-alkyl or cyclic N) is 1. The first kappa shape index (κ1) is 18.2. The average Bonchev–Trinajstić information content (AvgIpc) is 3.00. The number of carbonyl (C=O) groups excluding carboxylic acids is 2. The number of hydrogen-bond acceptors (Lipinski definition) is 8. The Hall–Kier alpha value is -3.11. The van der Waals surface area contributed by atoms with Crippen LogP contribution in [0, 0.1) is 0 Å². The van der Waals surface area contributed by atoms with Gasteiger partial charge in [0.25, 0.3) is 5.91 Å². The number of nitrogens with zero attached hydrogens (tertiary/aromatic N) is 1. The Balaban J connectivity index is 1.83. The van der Waals surface area contributed by atoms with Crippen molar-refractivity contribution in [2.45, 2.75) is 6.42 Å². The van der Waals surface area contributed by atoms with E-state index in [1.54, 1.807) is 11.2 Å². The Morgan fingerprint density at radius 2 is 1.92 bits per heavy atom. The number of ether oxygens (including phenoxy) is 1. The van der Waals surface area contributed by atoms with E-state index in [1.165, 1.54) is 24.3 Å². The van der Waals surface area contributed by atoms with Gasteiger partial charge in [0.1, 0.15) is 12.2 Å². The van der Waals surface area contributed by atoms with Gasteiger partial charge in [-0.2, -0.15) is 0 Å². The van der Waals surface area contributed by atoms with Crippen LogP contribution in [-0.4, -0.2) is 52.8 Å². The number of aliphatic hydroxyl groups is 1. The quantitative estimate of drug-likeness (QED) is 0.226. The number of carboxylic acids is 1. The first-order valence-corrected chi connectivity index (χ1v) is 7.38. The molecular formula is C15H18N4O6. The van der Waals surface area contributed by atoms with Gasteiger partial charge in [0.15, 0.2) is 0 Å². The predicted molar refractivity (Wildman–Crippen MR) is 84.8 cm³/mol. The molecule has 0 radical (unpaired) electrons. The number of hydrogen-bond donors (Lipinski definition) is 5. The zero-order chi connectivity index (χ0) is 18.2. The van der Waals surface area contributed by atoms with Gasteiger partial charge >= 0.3 is 11.9 Å². The third-order valence-electron chi connectivity index (χ3n) is 3.10. The highest BCUT2D eigenvalue weighted by atomic mass is 16.5. The van der Waals surface area contributed by atoms with Crippen molar-refractivity contribution < 1.29 is 29.3 Å². The number of amides is 1. The number of hydrazine groups is 2. The van der Waals surface area contributed by atoms with E-state index in [2.05, 4.69) is 16.3 Å². The van der Waals surface area contributed by atoms with Crippen molar-refractivity contribution in [3.05, 3.63) is 41.7 Å². The summed E-state index contributed by atoms with van der Waals surface area (Å²) in [6.07, 6.45) is 0.993. The summed E-state index contributed by atoms with van der Waals surface area (Å²) < 4.78 is 4.83. The molecule has 134 valence electrons. The van der Waals surface area contributed by atoms with E-state index >= 15 is 0 Å². The van der Waals surface area contributed by atoms with Crippen molar-refractivity contribution >= 4 is 17.8 Å². The molecule has 10 nitrogen and oxygen atoms in total. The predicted octanol–water partition coefficient (Wildman–Crippen LogP) is -1.04. The van der Waals surface area contributed by atoms with Gasteiger partial charge in [-0.05, 0) is 24.3 Å². The van der Waals surface area contributed by atoms with Gasteiger partial charge in [0, 0.05) is 11.8 Å². The molecule has 1 aliphatic heterocycles. The molecule has 1 aromatic carbocycles. The van der Waals surface area contributed by atoms with Crippen molar-refractivity contribution in [3.8, 4) is 5.75 Å². The van der Waals surface area contributed by atoms with Crippen LogP contribution in [0.3, 0.4) is 0 Å². The summed E-state index contributed by atoms with van der Waals surface area (Å²) in [6.45, 7) is 0.657. The summed E-state index contributed by atoms with van der Waals surface area (Å²) in [4.78, 5) is 33.7. The fourth-order valence-electron chi connectivity index (χ4n) is 1.96. The minimum Gasteiger partial charge on any atom is -0.481 e. The highest BCUT2D eigenvalue weighted by Crippen LogP contribution is 2.13. The molecule has 1 aromatic rings. The molecule has 25 heavy (non-hydrogen) atoms. The van der Waals surface area contributed by atoms with Crippen LogP contribution in [0.15, 0.2) is 36.2 Å². The third-order valence-corrected chi connectivity index (χ3v) is 3.10. The van der Waals surface area contributed by atoms with Gasteiger partial charge < -0.3 is 25.7 Å². The maximum atomic E-state index is 12.1. The van der Waals surface area contributed by atoms with E-state index in [1.807, 2.05) is 0 Å². The lowest BCUT2D eigenvalue weighted by molar-refractivity contribution is -0.145. The molecule has 0 spiro atoms.